The molecule has 1 aliphatic rings. The first-order valence-electron chi connectivity index (χ1n) is 9.17. The second kappa shape index (κ2) is 7.87. The highest BCUT2D eigenvalue weighted by atomic mass is 19.3. The summed E-state index contributed by atoms with van der Waals surface area (Å²) in [6.45, 7) is 0. The van der Waals surface area contributed by atoms with E-state index in [9.17, 15) is 13.6 Å². The van der Waals surface area contributed by atoms with Crippen molar-refractivity contribution in [2.24, 2.45) is 0 Å². The predicted molar refractivity (Wildman–Crippen MR) is 106 cm³/mol. The van der Waals surface area contributed by atoms with Crippen molar-refractivity contribution >= 4 is 17.6 Å². The Kier molecular flexibility index (Phi) is 5.12. The number of Topliss-reactive ketones (excluding diaryl/α,β-unsaturated/α-hetero) is 1. The minimum atomic E-state index is -3.12. The Morgan fingerprint density at radius 2 is 1.66 bits per heavy atom. The van der Waals surface area contributed by atoms with Gasteiger partial charge in [-0.25, -0.2) is 8.78 Å². The van der Waals surface area contributed by atoms with Gasteiger partial charge in [-0.15, -0.1) is 0 Å². The molecule has 0 bridgehead atoms. The molecular formula is C24H18F2O3. The molecule has 0 amide bonds. The average molecular weight is 392 g/mol. The van der Waals surface area contributed by atoms with Crippen molar-refractivity contribution in [3.63, 3.8) is 0 Å². The summed E-state index contributed by atoms with van der Waals surface area (Å²) in [5, 5.41) is 0. The lowest BCUT2D eigenvalue weighted by molar-refractivity contribution is -0.125. The number of furan rings is 1. The fourth-order valence-corrected chi connectivity index (χ4v) is 3.43. The lowest BCUT2D eigenvalue weighted by Crippen LogP contribution is -2.24. The van der Waals surface area contributed by atoms with Crippen LogP contribution < -0.4 is 0 Å². The Balaban J connectivity index is 1.81. The molecular weight excluding hydrogens is 374 g/mol. The number of ketones is 1. The molecule has 1 atom stereocenters. The second-order valence-electron chi connectivity index (χ2n) is 6.73. The third-order valence-electron chi connectivity index (χ3n) is 4.85. The Morgan fingerprint density at radius 3 is 2.28 bits per heavy atom. The van der Waals surface area contributed by atoms with Gasteiger partial charge in [-0.05, 0) is 29.3 Å². The van der Waals surface area contributed by atoms with E-state index in [0.29, 0.717) is 0 Å². The summed E-state index contributed by atoms with van der Waals surface area (Å²) in [6.07, 6.45) is 1.95. The van der Waals surface area contributed by atoms with Crippen molar-refractivity contribution in [3.8, 4) is 0 Å². The molecule has 1 unspecified atom stereocenters. The first-order chi connectivity index (χ1) is 14.1. The van der Waals surface area contributed by atoms with Crippen LogP contribution in [-0.2, 0) is 15.1 Å². The van der Waals surface area contributed by atoms with Crippen LogP contribution in [0.15, 0.2) is 95.1 Å². The van der Waals surface area contributed by atoms with Gasteiger partial charge in [0.2, 0.25) is 5.78 Å². The standard InChI is InChI=1S/C24H18F2O3/c25-23(26)21(27)19-16-24(18-10-5-2-6-11-18,14-13-17-8-3-1-4-9-17)29-22(19)20-12-7-15-28-20/h1-15,23H,16H2/b14-13+. The van der Waals surface area contributed by atoms with Crippen LogP contribution in [0, 0.1) is 0 Å². The van der Waals surface area contributed by atoms with Crippen LogP contribution >= 0.6 is 0 Å². The molecule has 0 radical (unpaired) electrons. The number of alkyl halides is 2. The van der Waals surface area contributed by atoms with Crippen LogP contribution in [0.1, 0.15) is 23.3 Å². The smallest absolute Gasteiger partial charge is 0.300 e. The number of hydrogen-bond donors (Lipinski definition) is 0. The molecule has 2 heterocycles. The van der Waals surface area contributed by atoms with E-state index in [2.05, 4.69) is 0 Å². The normalized spacial score (nSPS) is 19.1. The van der Waals surface area contributed by atoms with E-state index in [1.165, 1.54) is 6.26 Å². The van der Waals surface area contributed by atoms with Crippen LogP contribution in [0.25, 0.3) is 11.8 Å². The van der Waals surface area contributed by atoms with Gasteiger partial charge in [0.15, 0.2) is 17.1 Å². The summed E-state index contributed by atoms with van der Waals surface area (Å²) in [5.41, 5.74) is 0.517. The van der Waals surface area contributed by atoms with Gasteiger partial charge in [-0.2, -0.15) is 0 Å². The molecule has 0 N–H and O–H groups in total. The highest BCUT2D eigenvalue weighted by Gasteiger charge is 2.45. The summed E-state index contributed by atoms with van der Waals surface area (Å²) in [5.74, 6) is -0.941. The molecule has 3 nitrogen and oxygen atoms in total. The van der Waals surface area contributed by atoms with Crippen molar-refractivity contribution in [1.82, 2.24) is 0 Å². The molecule has 5 heteroatoms. The molecule has 0 spiro atoms. The quantitative estimate of drug-likeness (QED) is 0.528. The molecule has 146 valence electrons. The van der Waals surface area contributed by atoms with Crippen molar-refractivity contribution in [1.29, 1.82) is 0 Å². The fourth-order valence-electron chi connectivity index (χ4n) is 3.43. The largest absolute Gasteiger partial charge is 0.474 e. The molecule has 1 aromatic heterocycles. The summed E-state index contributed by atoms with van der Waals surface area (Å²) < 4.78 is 38.2. The monoisotopic (exact) mass is 392 g/mol. The number of hydrogen-bond acceptors (Lipinski definition) is 3. The first-order valence-corrected chi connectivity index (χ1v) is 9.17. The molecule has 2 aromatic carbocycles. The molecule has 29 heavy (non-hydrogen) atoms. The molecule has 1 aliphatic heterocycles. The molecule has 4 rings (SSSR count). The van der Waals surface area contributed by atoms with Crippen LogP contribution in [-0.4, -0.2) is 12.2 Å². The fraction of sp³-hybridized carbons (Fsp3) is 0.125. The summed E-state index contributed by atoms with van der Waals surface area (Å²) in [7, 11) is 0. The maximum atomic E-state index is 13.3. The Labute approximate surface area is 166 Å². The van der Waals surface area contributed by atoms with Crippen LogP contribution in [0.3, 0.4) is 0 Å². The zero-order valence-electron chi connectivity index (χ0n) is 15.4. The zero-order valence-corrected chi connectivity index (χ0v) is 15.4. The van der Waals surface area contributed by atoms with Gasteiger partial charge in [0, 0.05) is 6.42 Å². The van der Waals surface area contributed by atoms with Crippen LogP contribution in [0.4, 0.5) is 8.78 Å². The summed E-state index contributed by atoms with van der Waals surface area (Å²) >= 11 is 0. The van der Waals surface area contributed by atoms with E-state index in [1.807, 2.05) is 72.8 Å². The second-order valence-corrected chi connectivity index (χ2v) is 6.73. The van der Waals surface area contributed by atoms with E-state index >= 15 is 0 Å². The van der Waals surface area contributed by atoms with Crippen molar-refractivity contribution in [3.05, 3.63) is 108 Å². The highest BCUT2D eigenvalue weighted by molar-refractivity contribution is 6.04. The minimum Gasteiger partial charge on any atom is -0.474 e. The Morgan fingerprint density at radius 1 is 0.966 bits per heavy atom. The predicted octanol–water partition coefficient (Wildman–Crippen LogP) is 5.85. The van der Waals surface area contributed by atoms with E-state index in [-0.39, 0.29) is 23.5 Å². The maximum absolute atomic E-state index is 13.3. The number of halogens is 2. The van der Waals surface area contributed by atoms with Gasteiger partial charge >= 0.3 is 0 Å². The van der Waals surface area contributed by atoms with Gasteiger partial charge in [-0.1, -0.05) is 66.7 Å². The van der Waals surface area contributed by atoms with Crippen molar-refractivity contribution in [2.45, 2.75) is 18.4 Å². The number of ether oxygens (including phenoxy) is 1. The van der Waals surface area contributed by atoms with Crippen LogP contribution in [0.2, 0.25) is 0 Å². The van der Waals surface area contributed by atoms with Gasteiger partial charge in [0.05, 0.1) is 11.8 Å². The van der Waals surface area contributed by atoms with E-state index < -0.39 is 17.8 Å². The van der Waals surface area contributed by atoms with E-state index in [4.69, 9.17) is 9.15 Å². The van der Waals surface area contributed by atoms with Crippen molar-refractivity contribution < 1.29 is 22.7 Å². The maximum Gasteiger partial charge on any atom is 0.300 e. The number of benzene rings is 2. The number of carbonyl (C=O) groups is 1. The van der Waals surface area contributed by atoms with Crippen molar-refractivity contribution in [2.75, 3.05) is 0 Å². The molecule has 0 saturated carbocycles. The number of carbonyl (C=O) groups excluding carboxylic acids is 1. The Bertz CT molecular complexity index is 1040. The van der Waals surface area contributed by atoms with Gasteiger partial charge in [0.25, 0.3) is 6.43 Å². The number of rotatable bonds is 6. The van der Waals surface area contributed by atoms with Gasteiger partial charge < -0.3 is 9.15 Å². The van der Waals surface area contributed by atoms with E-state index in [0.717, 1.165) is 11.1 Å². The third kappa shape index (κ3) is 3.76. The average Bonchev–Trinajstić information content (AvgIpc) is 3.42. The third-order valence-corrected chi connectivity index (χ3v) is 4.85. The topological polar surface area (TPSA) is 39.4 Å². The minimum absolute atomic E-state index is 0.0143. The molecule has 3 aromatic rings. The Hall–Kier alpha value is -3.47. The SMILES string of the molecule is O=C(C1=C(c2ccco2)OC(/C=C/c2ccccc2)(c2ccccc2)C1)C(F)F. The lowest BCUT2D eigenvalue weighted by atomic mass is 9.86. The molecule has 0 fully saturated rings. The highest BCUT2D eigenvalue weighted by Crippen LogP contribution is 2.47. The van der Waals surface area contributed by atoms with Gasteiger partial charge in [0.1, 0.15) is 0 Å². The van der Waals surface area contributed by atoms with Crippen LogP contribution in [0.5, 0.6) is 0 Å². The summed E-state index contributed by atoms with van der Waals surface area (Å²) in [6, 6.07) is 22.0. The van der Waals surface area contributed by atoms with E-state index in [1.54, 1.807) is 12.1 Å². The molecule has 0 aliphatic carbocycles. The summed E-state index contributed by atoms with van der Waals surface area (Å²) in [4.78, 5) is 12.3. The lowest BCUT2D eigenvalue weighted by Gasteiger charge is -2.27. The zero-order chi connectivity index (χ0) is 20.3. The molecule has 0 saturated heterocycles. The first kappa shape index (κ1) is 18.9. The van der Waals surface area contributed by atoms with Gasteiger partial charge in [-0.3, -0.25) is 4.79 Å².